The zero-order chi connectivity index (χ0) is 15.7. The summed E-state index contributed by atoms with van der Waals surface area (Å²) in [5.41, 5.74) is 2.52. The fraction of sp³-hybridized carbons (Fsp3) is 0.118. The topological polar surface area (TPSA) is 59.1 Å². The molecule has 0 aliphatic heterocycles. The van der Waals surface area contributed by atoms with E-state index in [9.17, 15) is 8.42 Å². The maximum Gasteiger partial charge on any atom is 0.261 e. The van der Waals surface area contributed by atoms with Crippen LogP contribution in [-0.2, 0) is 10.0 Å². The van der Waals surface area contributed by atoms with Crippen LogP contribution in [0, 0.1) is 13.8 Å². The number of aromatic nitrogens is 1. The number of hydrogen-bond donors (Lipinski definition) is 1. The summed E-state index contributed by atoms with van der Waals surface area (Å²) in [5.74, 6) is 0. The molecule has 0 fully saturated rings. The molecule has 1 aromatic heterocycles. The van der Waals surface area contributed by atoms with Crippen LogP contribution in [0.3, 0.4) is 0 Å². The molecule has 0 saturated carbocycles. The van der Waals surface area contributed by atoms with E-state index in [0.717, 1.165) is 21.9 Å². The van der Waals surface area contributed by atoms with Gasteiger partial charge < -0.3 is 0 Å². The molecule has 1 heterocycles. The number of pyridine rings is 1. The van der Waals surface area contributed by atoms with Gasteiger partial charge in [0.1, 0.15) is 0 Å². The second-order valence-electron chi connectivity index (χ2n) is 5.28. The molecular weight excluding hydrogens is 296 g/mol. The normalized spacial score (nSPS) is 11.5. The predicted octanol–water partition coefficient (Wildman–Crippen LogP) is 3.65. The molecule has 22 heavy (non-hydrogen) atoms. The van der Waals surface area contributed by atoms with Gasteiger partial charge in [-0.1, -0.05) is 29.8 Å². The second-order valence-corrected chi connectivity index (χ2v) is 6.96. The quantitative estimate of drug-likeness (QED) is 0.803. The Hall–Kier alpha value is -2.40. The molecule has 0 atom stereocenters. The van der Waals surface area contributed by atoms with Gasteiger partial charge in [0.15, 0.2) is 0 Å². The minimum atomic E-state index is -3.61. The lowest BCUT2D eigenvalue weighted by Crippen LogP contribution is -2.13. The van der Waals surface area contributed by atoms with Gasteiger partial charge in [0, 0.05) is 23.2 Å². The molecular formula is C17H16N2O2S. The van der Waals surface area contributed by atoms with Crippen molar-refractivity contribution in [2.45, 2.75) is 18.7 Å². The first-order chi connectivity index (χ1) is 10.5. The molecule has 0 amide bonds. The Morgan fingerprint density at radius 3 is 2.41 bits per heavy atom. The van der Waals surface area contributed by atoms with E-state index in [4.69, 9.17) is 0 Å². The summed E-state index contributed by atoms with van der Waals surface area (Å²) in [5, 5.41) is 1.78. The first kappa shape index (κ1) is 14.5. The Kier molecular flexibility index (Phi) is 3.58. The van der Waals surface area contributed by atoms with Crippen LogP contribution in [0.1, 0.15) is 11.1 Å². The first-order valence-electron chi connectivity index (χ1n) is 6.90. The molecule has 1 N–H and O–H groups in total. The fourth-order valence-corrected chi connectivity index (χ4v) is 3.49. The van der Waals surface area contributed by atoms with E-state index < -0.39 is 10.0 Å². The van der Waals surface area contributed by atoms with Gasteiger partial charge in [-0.3, -0.25) is 9.71 Å². The molecule has 5 heteroatoms. The SMILES string of the molecule is Cc1ccc(S(=O)(=O)Nc2cccc3cncc(C)c23)cc1. The minimum Gasteiger partial charge on any atom is -0.279 e. The van der Waals surface area contributed by atoms with Crippen LogP contribution in [0.5, 0.6) is 0 Å². The van der Waals surface area contributed by atoms with Crippen molar-refractivity contribution >= 4 is 26.5 Å². The lowest BCUT2D eigenvalue weighted by Gasteiger charge is -2.12. The van der Waals surface area contributed by atoms with Crippen LogP contribution in [0.15, 0.2) is 59.8 Å². The van der Waals surface area contributed by atoms with E-state index in [-0.39, 0.29) is 4.90 Å². The largest absolute Gasteiger partial charge is 0.279 e. The highest BCUT2D eigenvalue weighted by Crippen LogP contribution is 2.27. The van der Waals surface area contributed by atoms with Crippen LogP contribution in [0.2, 0.25) is 0 Å². The Bertz CT molecular complexity index is 927. The Labute approximate surface area is 129 Å². The predicted molar refractivity (Wildman–Crippen MR) is 88.5 cm³/mol. The van der Waals surface area contributed by atoms with Crippen molar-refractivity contribution in [3.05, 3.63) is 66.0 Å². The van der Waals surface area contributed by atoms with Crippen LogP contribution < -0.4 is 4.72 Å². The van der Waals surface area contributed by atoms with Crippen molar-refractivity contribution in [2.75, 3.05) is 4.72 Å². The van der Waals surface area contributed by atoms with Crippen molar-refractivity contribution in [2.24, 2.45) is 0 Å². The Morgan fingerprint density at radius 2 is 1.68 bits per heavy atom. The molecule has 0 saturated heterocycles. The molecule has 4 nitrogen and oxygen atoms in total. The Balaban J connectivity index is 2.08. The van der Waals surface area contributed by atoms with Crippen molar-refractivity contribution in [3.8, 4) is 0 Å². The Morgan fingerprint density at radius 1 is 0.955 bits per heavy atom. The molecule has 0 aliphatic carbocycles. The van der Waals surface area contributed by atoms with Crippen LogP contribution in [-0.4, -0.2) is 13.4 Å². The third-order valence-electron chi connectivity index (χ3n) is 3.55. The van der Waals surface area contributed by atoms with Crippen molar-refractivity contribution in [1.82, 2.24) is 4.98 Å². The third-order valence-corrected chi connectivity index (χ3v) is 4.93. The summed E-state index contributed by atoms with van der Waals surface area (Å²) in [7, 11) is -3.61. The number of nitrogens with zero attached hydrogens (tertiary/aromatic N) is 1. The lowest BCUT2D eigenvalue weighted by atomic mass is 10.1. The zero-order valence-electron chi connectivity index (χ0n) is 12.4. The smallest absolute Gasteiger partial charge is 0.261 e. The molecule has 3 rings (SSSR count). The van der Waals surface area contributed by atoms with Crippen LogP contribution in [0.4, 0.5) is 5.69 Å². The standard InChI is InChI=1S/C17H16N2O2S/c1-12-6-8-15(9-7-12)22(20,21)19-16-5-3-4-14-11-18-10-13(2)17(14)16/h3-11,19H,1-2H3. The summed E-state index contributed by atoms with van der Waals surface area (Å²) in [6.45, 7) is 3.84. The van der Waals surface area contributed by atoms with Gasteiger partial charge in [0.25, 0.3) is 10.0 Å². The van der Waals surface area contributed by atoms with Gasteiger partial charge in [-0.05, 0) is 37.6 Å². The number of anilines is 1. The van der Waals surface area contributed by atoms with E-state index in [2.05, 4.69) is 9.71 Å². The third kappa shape index (κ3) is 2.67. The molecule has 0 aliphatic rings. The summed E-state index contributed by atoms with van der Waals surface area (Å²) in [4.78, 5) is 4.39. The van der Waals surface area contributed by atoms with Crippen LogP contribution >= 0.6 is 0 Å². The highest BCUT2D eigenvalue weighted by molar-refractivity contribution is 7.92. The molecule has 0 spiro atoms. The number of nitrogens with one attached hydrogen (secondary N) is 1. The molecule has 0 radical (unpaired) electrons. The number of aryl methyl sites for hydroxylation is 2. The lowest BCUT2D eigenvalue weighted by molar-refractivity contribution is 0.601. The molecule has 112 valence electrons. The fourth-order valence-electron chi connectivity index (χ4n) is 2.42. The van der Waals surface area contributed by atoms with Gasteiger partial charge in [-0.2, -0.15) is 0 Å². The van der Waals surface area contributed by atoms with Gasteiger partial charge in [0.2, 0.25) is 0 Å². The average molecular weight is 312 g/mol. The molecule has 0 unspecified atom stereocenters. The van der Waals surface area contributed by atoms with Gasteiger partial charge in [-0.15, -0.1) is 0 Å². The number of hydrogen-bond acceptors (Lipinski definition) is 3. The molecule has 0 bridgehead atoms. The monoisotopic (exact) mass is 312 g/mol. The maximum atomic E-state index is 12.5. The number of rotatable bonds is 3. The second kappa shape index (κ2) is 5.42. The van der Waals surface area contributed by atoms with Crippen molar-refractivity contribution in [3.63, 3.8) is 0 Å². The molecule has 2 aromatic carbocycles. The molecule has 3 aromatic rings. The van der Waals surface area contributed by atoms with Crippen molar-refractivity contribution < 1.29 is 8.42 Å². The van der Waals surface area contributed by atoms with Gasteiger partial charge in [-0.25, -0.2) is 8.42 Å². The highest BCUT2D eigenvalue weighted by Gasteiger charge is 2.15. The summed E-state index contributed by atoms with van der Waals surface area (Å²) < 4.78 is 27.8. The van der Waals surface area contributed by atoms with Crippen LogP contribution in [0.25, 0.3) is 10.8 Å². The summed E-state index contributed by atoms with van der Waals surface area (Å²) in [6.07, 6.45) is 3.46. The zero-order valence-corrected chi connectivity index (χ0v) is 13.2. The number of fused-ring (bicyclic) bond motifs is 1. The number of benzene rings is 2. The van der Waals surface area contributed by atoms with E-state index in [1.165, 1.54) is 0 Å². The van der Waals surface area contributed by atoms with E-state index in [0.29, 0.717) is 5.69 Å². The van der Waals surface area contributed by atoms with E-state index in [1.54, 1.807) is 42.7 Å². The van der Waals surface area contributed by atoms with Crippen molar-refractivity contribution in [1.29, 1.82) is 0 Å². The van der Waals surface area contributed by atoms with Gasteiger partial charge >= 0.3 is 0 Å². The van der Waals surface area contributed by atoms with E-state index in [1.807, 2.05) is 26.0 Å². The number of sulfonamides is 1. The summed E-state index contributed by atoms with van der Waals surface area (Å²) in [6, 6.07) is 12.3. The maximum absolute atomic E-state index is 12.5. The first-order valence-corrected chi connectivity index (χ1v) is 8.38. The average Bonchev–Trinajstić information content (AvgIpc) is 2.47. The van der Waals surface area contributed by atoms with E-state index >= 15 is 0 Å². The van der Waals surface area contributed by atoms with Gasteiger partial charge in [0.05, 0.1) is 10.6 Å². The highest BCUT2D eigenvalue weighted by atomic mass is 32.2. The summed E-state index contributed by atoms with van der Waals surface area (Å²) >= 11 is 0. The minimum absolute atomic E-state index is 0.252.